The van der Waals surface area contributed by atoms with Crippen LogP contribution in [0.2, 0.25) is 0 Å². The van der Waals surface area contributed by atoms with Crippen LogP contribution in [-0.2, 0) is 25.9 Å². The highest BCUT2D eigenvalue weighted by Crippen LogP contribution is 2.42. The van der Waals surface area contributed by atoms with Crippen LogP contribution in [-0.4, -0.2) is 85.6 Å². The Morgan fingerprint density at radius 3 is 2.61 bits per heavy atom. The number of fused-ring (bicyclic) bond motifs is 1. The lowest BCUT2D eigenvalue weighted by atomic mass is 9.88. The van der Waals surface area contributed by atoms with Gasteiger partial charge in [-0.3, -0.25) is 0 Å². The highest BCUT2D eigenvalue weighted by atomic mass is 32.2. The number of H-pyrrole nitrogens is 1. The summed E-state index contributed by atoms with van der Waals surface area (Å²) in [5, 5.41) is 9.51. The Balaban J connectivity index is 1.69. The summed E-state index contributed by atoms with van der Waals surface area (Å²) in [6, 6.07) is 9.74. The maximum absolute atomic E-state index is 13.4. The molecule has 2 aliphatic heterocycles. The van der Waals surface area contributed by atoms with Crippen LogP contribution in [0.15, 0.2) is 30.3 Å². The number of aromatic amines is 1. The molecule has 2 N–H and O–H groups in total. The van der Waals surface area contributed by atoms with Gasteiger partial charge in [0.2, 0.25) is 0 Å². The Bertz CT molecular complexity index is 1350. The minimum absolute atomic E-state index is 0.0929. The topological polar surface area (TPSA) is 112 Å². The van der Waals surface area contributed by atoms with E-state index in [4.69, 9.17) is 14.7 Å². The summed E-state index contributed by atoms with van der Waals surface area (Å²) < 4.78 is 31.5. The number of aliphatic hydroxyl groups excluding tert-OH is 1. The molecule has 36 heavy (non-hydrogen) atoms. The second-order valence-corrected chi connectivity index (χ2v) is 12.4. The number of aliphatic hydroxyl groups is 1. The van der Waals surface area contributed by atoms with Crippen molar-refractivity contribution < 1.29 is 18.3 Å². The maximum Gasteiger partial charge on any atom is 0.157 e. The normalized spacial score (nSPS) is 21.2. The monoisotopic (exact) mass is 513 g/mol. The van der Waals surface area contributed by atoms with Crippen LogP contribution in [0.5, 0.6) is 0 Å². The fraction of sp³-hybridized carbons (Fsp3) is 0.538. The van der Waals surface area contributed by atoms with Crippen LogP contribution in [0.3, 0.4) is 0 Å². The molecule has 0 saturated carbocycles. The Hall–Kier alpha value is -2.53. The highest BCUT2D eigenvalue weighted by molar-refractivity contribution is 7.91. The largest absolute Gasteiger partial charge is 0.390 e. The van der Waals surface area contributed by atoms with E-state index >= 15 is 0 Å². The molecular formula is C26H35N5O4S. The number of hydrogen-bond donors (Lipinski definition) is 2. The van der Waals surface area contributed by atoms with Crippen LogP contribution in [0.4, 0.5) is 5.82 Å². The number of morpholine rings is 1. The van der Waals surface area contributed by atoms with Gasteiger partial charge in [0.25, 0.3) is 0 Å². The fourth-order valence-corrected chi connectivity index (χ4v) is 6.97. The van der Waals surface area contributed by atoms with E-state index in [1.54, 1.807) is 0 Å². The molecule has 0 unspecified atom stereocenters. The molecule has 3 aromatic rings. The fourth-order valence-electron chi connectivity index (χ4n) is 5.50. The standard InChI is InChI=1S/C26H35N5O4S/c1-4-20-17-35-12-11-31(20)25-14-18(26(36(3,33)34)7-9-30(2)10-8-26)13-23(29-25)22-6-5-21-24(28-22)15-19(16-32)27-21/h5-6,13-15,20,27,32H,4,7-12,16-17H2,1-3H3/t20-/m0/s1. The van der Waals surface area contributed by atoms with Crippen molar-refractivity contribution in [1.29, 1.82) is 0 Å². The number of sulfone groups is 1. The number of nitrogens with one attached hydrogen (secondary N) is 1. The Morgan fingerprint density at radius 2 is 1.92 bits per heavy atom. The van der Waals surface area contributed by atoms with Crippen LogP contribution < -0.4 is 4.90 Å². The van der Waals surface area contributed by atoms with E-state index in [-0.39, 0.29) is 12.6 Å². The van der Waals surface area contributed by atoms with Gasteiger partial charge in [-0.05, 0) is 75.3 Å². The van der Waals surface area contributed by atoms with E-state index in [0.29, 0.717) is 62.8 Å². The van der Waals surface area contributed by atoms with E-state index in [2.05, 4.69) is 21.7 Å². The third-order valence-corrected chi connectivity index (χ3v) is 9.86. The number of ether oxygens (including phenoxy) is 1. The summed E-state index contributed by atoms with van der Waals surface area (Å²) in [6.45, 7) is 5.40. The van der Waals surface area contributed by atoms with Crippen LogP contribution in [0, 0.1) is 0 Å². The molecule has 1 atom stereocenters. The first-order valence-electron chi connectivity index (χ1n) is 12.6. The number of anilines is 1. The van der Waals surface area contributed by atoms with Crippen molar-refractivity contribution >= 4 is 26.7 Å². The zero-order valence-electron chi connectivity index (χ0n) is 21.2. The van der Waals surface area contributed by atoms with Gasteiger partial charge in [0.15, 0.2) is 9.84 Å². The number of piperidine rings is 1. The average Bonchev–Trinajstić information content (AvgIpc) is 3.31. The second-order valence-electron chi connectivity index (χ2n) is 10.1. The molecule has 0 aromatic carbocycles. The molecule has 3 aromatic heterocycles. The molecule has 5 heterocycles. The molecule has 0 bridgehead atoms. The predicted molar refractivity (Wildman–Crippen MR) is 141 cm³/mol. The molecule has 2 saturated heterocycles. The van der Waals surface area contributed by atoms with Crippen molar-refractivity contribution in [2.75, 3.05) is 51.1 Å². The van der Waals surface area contributed by atoms with Gasteiger partial charge in [-0.15, -0.1) is 0 Å². The number of hydrogen-bond acceptors (Lipinski definition) is 8. The summed E-state index contributed by atoms with van der Waals surface area (Å²) >= 11 is 0. The summed E-state index contributed by atoms with van der Waals surface area (Å²) in [7, 11) is -1.38. The van der Waals surface area contributed by atoms with Crippen LogP contribution in [0.1, 0.15) is 37.4 Å². The van der Waals surface area contributed by atoms with Gasteiger partial charge in [-0.25, -0.2) is 18.4 Å². The number of nitrogens with zero attached hydrogens (tertiary/aromatic N) is 4. The molecule has 0 aliphatic carbocycles. The molecule has 0 amide bonds. The number of pyridine rings is 2. The van der Waals surface area contributed by atoms with Crippen molar-refractivity contribution in [2.45, 2.75) is 43.6 Å². The average molecular weight is 514 g/mol. The molecular weight excluding hydrogens is 478 g/mol. The second kappa shape index (κ2) is 9.74. The molecule has 5 rings (SSSR count). The van der Waals surface area contributed by atoms with Gasteiger partial charge >= 0.3 is 0 Å². The SMILES string of the molecule is CC[C@H]1COCCN1c1cc(C2(S(C)(=O)=O)CCN(C)CC2)cc(-c2ccc3[nH]c(CO)cc3n2)n1. The van der Waals surface area contributed by atoms with Crippen LogP contribution >= 0.6 is 0 Å². The third-order valence-electron chi connectivity index (χ3n) is 7.80. The minimum atomic E-state index is -3.42. The minimum Gasteiger partial charge on any atom is -0.390 e. The van der Waals surface area contributed by atoms with Crippen molar-refractivity contribution in [3.63, 3.8) is 0 Å². The van der Waals surface area contributed by atoms with E-state index < -0.39 is 14.6 Å². The molecule has 2 fully saturated rings. The summed E-state index contributed by atoms with van der Waals surface area (Å²) in [5.41, 5.74) is 4.37. The number of aromatic nitrogens is 3. The van der Waals surface area contributed by atoms with Gasteiger partial charge in [-0.1, -0.05) is 6.92 Å². The first kappa shape index (κ1) is 25.1. The molecule has 10 heteroatoms. The summed E-state index contributed by atoms with van der Waals surface area (Å²) in [5.74, 6) is 0.770. The first-order valence-corrected chi connectivity index (χ1v) is 14.5. The zero-order chi connectivity index (χ0) is 25.5. The Morgan fingerprint density at radius 1 is 1.14 bits per heavy atom. The first-order chi connectivity index (χ1) is 17.2. The molecule has 0 spiro atoms. The maximum atomic E-state index is 13.4. The van der Waals surface area contributed by atoms with E-state index in [1.807, 2.05) is 37.4 Å². The quantitative estimate of drug-likeness (QED) is 0.518. The summed E-state index contributed by atoms with van der Waals surface area (Å²) in [6.07, 6.45) is 3.34. The van der Waals surface area contributed by atoms with Gasteiger partial charge in [0, 0.05) is 18.5 Å². The molecule has 9 nitrogen and oxygen atoms in total. The van der Waals surface area contributed by atoms with Gasteiger partial charge in [0.1, 0.15) is 5.82 Å². The third kappa shape index (κ3) is 4.51. The highest BCUT2D eigenvalue weighted by Gasteiger charge is 2.45. The van der Waals surface area contributed by atoms with Crippen molar-refractivity contribution in [2.24, 2.45) is 0 Å². The van der Waals surface area contributed by atoms with Crippen molar-refractivity contribution in [3.8, 4) is 11.4 Å². The van der Waals surface area contributed by atoms with E-state index in [9.17, 15) is 13.5 Å². The van der Waals surface area contributed by atoms with Gasteiger partial charge < -0.3 is 24.6 Å². The van der Waals surface area contributed by atoms with Crippen LogP contribution in [0.25, 0.3) is 22.4 Å². The lowest BCUT2D eigenvalue weighted by Crippen LogP contribution is -2.47. The van der Waals surface area contributed by atoms with Crippen molar-refractivity contribution in [3.05, 3.63) is 41.6 Å². The zero-order valence-corrected chi connectivity index (χ0v) is 22.0. The Kier molecular flexibility index (Phi) is 6.80. The molecule has 0 radical (unpaired) electrons. The molecule has 2 aliphatic rings. The van der Waals surface area contributed by atoms with Gasteiger partial charge in [-0.2, -0.15) is 0 Å². The lowest BCUT2D eigenvalue weighted by molar-refractivity contribution is 0.0925. The smallest absolute Gasteiger partial charge is 0.157 e. The summed E-state index contributed by atoms with van der Waals surface area (Å²) in [4.78, 5) is 17.4. The number of rotatable bonds is 6. The van der Waals surface area contributed by atoms with E-state index in [0.717, 1.165) is 28.8 Å². The van der Waals surface area contributed by atoms with E-state index in [1.165, 1.54) is 6.26 Å². The predicted octanol–water partition coefficient (Wildman–Crippen LogP) is 2.70. The van der Waals surface area contributed by atoms with Crippen molar-refractivity contribution in [1.82, 2.24) is 19.9 Å². The lowest BCUT2D eigenvalue weighted by Gasteiger charge is -2.41. The Labute approximate surface area is 212 Å². The number of likely N-dealkylation sites (tertiary alicyclic amines) is 1. The molecule has 194 valence electrons. The van der Waals surface area contributed by atoms with Gasteiger partial charge in [0.05, 0.1) is 53.0 Å².